The van der Waals surface area contributed by atoms with Gasteiger partial charge in [-0.15, -0.1) is 0 Å². The lowest BCUT2D eigenvalue weighted by atomic mass is 10.1. The van der Waals surface area contributed by atoms with Crippen LogP contribution in [0.2, 0.25) is 5.02 Å². The molecule has 0 spiro atoms. The zero-order valence-corrected chi connectivity index (χ0v) is 19.1. The van der Waals surface area contributed by atoms with Crippen LogP contribution in [0.4, 0.5) is 5.69 Å². The molecule has 0 radical (unpaired) electrons. The van der Waals surface area contributed by atoms with E-state index in [4.69, 9.17) is 16.3 Å². The average Bonchev–Trinajstić information content (AvgIpc) is 3.34. The number of piperazine rings is 1. The van der Waals surface area contributed by atoms with Crippen molar-refractivity contribution in [3.63, 3.8) is 0 Å². The summed E-state index contributed by atoms with van der Waals surface area (Å²) in [4.78, 5) is 16.8. The molecule has 0 saturated carbocycles. The molecule has 3 heterocycles. The smallest absolute Gasteiger partial charge is 0.218 e. The number of carbonyl (C=O) groups is 1. The van der Waals surface area contributed by atoms with Gasteiger partial charge in [-0.05, 0) is 57.4 Å². The number of ether oxygens (including phenoxy) is 1. The van der Waals surface area contributed by atoms with E-state index in [2.05, 4.69) is 48.4 Å². The van der Waals surface area contributed by atoms with E-state index in [1.165, 1.54) is 16.2 Å². The quantitative estimate of drug-likeness (QED) is 0.716. The number of hydrogen-bond acceptors (Lipinski definition) is 3. The highest BCUT2D eigenvalue weighted by Crippen LogP contribution is 2.24. The van der Waals surface area contributed by atoms with E-state index in [1.54, 1.807) is 0 Å². The second-order valence-electron chi connectivity index (χ2n) is 8.80. The number of nitrogens with one attached hydrogen (secondary N) is 1. The molecule has 30 heavy (non-hydrogen) atoms. The lowest BCUT2D eigenvalue weighted by Gasteiger charge is -2.34. The Kier molecular flexibility index (Phi) is 6.51. The van der Waals surface area contributed by atoms with Crippen molar-refractivity contribution in [2.24, 2.45) is 0 Å². The van der Waals surface area contributed by atoms with E-state index in [0.717, 1.165) is 74.1 Å². The monoisotopic (exact) mass is 430 g/mol. The fourth-order valence-electron chi connectivity index (χ4n) is 4.84. The Labute approximate surface area is 184 Å². The molecule has 2 aromatic rings. The number of rotatable bonds is 6. The summed E-state index contributed by atoms with van der Waals surface area (Å²) in [5, 5.41) is 0.777. The van der Waals surface area contributed by atoms with Gasteiger partial charge in [0.05, 0.1) is 32.3 Å². The Morgan fingerprint density at radius 2 is 1.97 bits per heavy atom. The van der Waals surface area contributed by atoms with Crippen LogP contribution in [0.25, 0.3) is 0 Å². The van der Waals surface area contributed by atoms with Crippen LogP contribution >= 0.6 is 11.6 Å². The van der Waals surface area contributed by atoms with Gasteiger partial charge in [-0.3, -0.25) is 4.79 Å². The molecule has 0 aliphatic carbocycles. The van der Waals surface area contributed by atoms with Gasteiger partial charge < -0.3 is 19.1 Å². The first-order valence-corrected chi connectivity index (χ1v) is 11.5. The molecule has 1 aromatic heterocycles. The minimum Gasteiger partial charge on any atom is -0.376 e. The lowest BCUT2D eigenvalue weighted by molar-refractivity contribution is -0.892. The van der Waals surface area contributed by atoms with Crippen LogP contribution in [0.3, 0.4) is 0 Å². The zero-order chi connectivity index (χ0) is 21.3. The van der Waals surface area contributed by atoms with Gasteiger partial charge in [0.2, 0.25) is 5.78 Å². The van der Waals surface area contributed by atoms with E-state index in [9.17, 15) is 4.79 Å². The molecular formula is C24H33ClN3O2+. The molecule has 162 valence electrons. The highest BCUT2D eigenvalue weighted by atomic mass is 35.5. The van der Waals surface area contributed by atoms with Crippen LogP contribution < -0.4 is 9.80 Å². The second-order valence-corrected chi connectivity index (χ2v) is 9.23. The second kappa shape index (κ2) is 9.13. The fourth-order valence-corrected chi connectivity index (χ4v) is 5.01. The Bertz CT molecular complexity index is 909. The van der Waals surface area contributed by atoms with Gasteiger partial charge in [0.1, 0.15) is 6.54 Å². The third-order valence-corrected chi connectivity index (χ3v) is 6.91. The summed E-state index contributed by atoms with van der Waals surface area (Å²) in [6.45, 7) is 12.4. The normalized spacial score (nSPS) is 20.1. The number of anilines is 1. The number of Topliss-reactive ketones (excluding diaryl/α,β-unsaturated/α-hetero) is 1. The van der Waals surface area contributed by atoms with Crippen molar-refractivity contribution >= 4 is 23.1 Å². The van der Waals surface area contributed by atoms with E-state index >= 15 is 0 Å². The van der Waals surface area contributed by atoms with Crippen LogP contribution in [-0.4, -0.2) is 55.8 Å². The first-order chi connectivity index (χ1) is 14.4. The van der Waals surface area contributed by atoms with Gasteiger partial charge in [0.15, 0.2) is 0 Å². The largest absolute Gasteiger partial charge is 0.376 e. The summed E-state index contributed by atoms with van der Waals surface area (Å²) in [5.74, 6) is 0.254. The maximum atomic E-state index is 13.1. The van der Waals surface area contributed by atoms with Crippen molar-refractivity contribution in [3.05, 3.63) is 51.8 Å². The molecule has 1 atom stereocenters. The summed E-state index contributed by atoms with van der Waals surface area (Å²) in [7, 11) is 0. The number of hydrogen-bond donors (Lipinski definition) is 1. The molecule has 1 aromatic carbocycles. The van der Waals surface area contributed by atoms with Crippen molar-refractivity contribution in [1.29, 1.82) is 0 Å². The SMILES string of the molecule is Cc1ccc(Cl)cc1N1CC[NH+](CC(=O)c2cc(C)n(C[C@H]3CCCO3)c2C)CC1. The van der Waals surface area contributed by atoms with Gasteiger partial charge >= 0.3 is 0 Å². The number of halogens is 1. The summed E-state index contributed by atoms with van der Waals surface area (Å²) in [6.07, 6.45) is 2.53. The van der Waals surface area contributed by atoms with Crippen molar-refractivity contribution < 1.29 is 14.4 Å². The Balaban J connectivity index is 1.36. The highest BCUT2D eigenvalue weighted by molar-refractivity contribution is 6.30. The van der Waals surface area contributed by atoms with Crippen LogP contribution in [-0.2, 0) is 11.3 Å². The van der Waals surface area contributed by atoms with Crippen molar-refractivity contribution in [1.82, 2.24) is 4.57 Å². The van der Waals surface area contributed by atoms with Crippen molar-refractivity contribution in [2.75, 3.05) is 44.2 Å². The van der Waals surface area contributed by atoms with Crippen LogP contribution in [0.5, 0.6) is 0 Å². The maximum Gasteiger partial charge on any atom is 0.218 e. The Morgan fingerprint density at radius 3 is 2.67 bits per heavy atom. The molecular weight excluding hydrogens is 398 g/mol. The highest BCUT2D eigenvalue weighted by Gasteiger charge is 2.26. The molecule has 4 rings (SSSR count). The van der Waals surface area contributed by atoms with Gasteiger partial charge in [0, 0.05) is 40.8 Å². The molecule has 0 bridgehead atoms. The number of aryl methyl sites for hydroxylation is 2. The molecule has 6 heteroatoms. The number of nitrogens with zero attached hydrogens (tertiary/aromatic N) is 2. The summed E-state index contributed by atoms with van der Waals surface area (Å²) < 4.78 is 8.06. The molecule has 0 unspecified atom stereocenters. The van der Waals surface area contributed by atoms with Crippen LogP contribution in [0, 0.1) is 20.8 Å². The predicted molar refractivity (Wildman–Crippen MR) is 121 cm³/mol. The van der Waals surface area contributed by atoms with Crippen LogP contribution in [0.15, 0.2) is 24.3 Å². The first kappa shape index (κ1) is 21.4. The van der Waals surface area contributed by atoms with E-state index < -0.39 is 0 Å². The van der Waals surface area contributed by atoms with Gasteiger partial charge in [-0.1, -0.05) is 17.7 Å². The van der Waals surface area contributed by atoms with Crippen molar-refractivity contribution in [2.45, 2.75) is 46.3 Å². The standard InChI is InChI=1S/C24H32ClN3O2/c1-17-6-7-20(25)14-23(17)27-10-8-26(9-11-27)16-24(29)22-13-18(2)28(19(22)3)15-21-5-4-12-30-21/h6-7,13-14,21H,4-5,8-12,15-16H2,1-3H3/p+1/t21-/m1/s1. The minimum atomic E-state index is 0.254. The molecule has 1 N–H and O–H groups in total. The molecule has 5 nitrogen and oxygen atoms in total. The Hall–Kier alpha value is -1.82. The summed E-state index contributed by atoms with van der Waals surface area (Å²) in [6, 6.07) is 8.14. The van der Waals surface area contributed by atoms with E-state index in [1.807, 2.05) is 6.07 Å². The topological polar surface area (TPSA) is 38.9 Å². The molecule has 2 fully saturated rings. The number of benzene rings is 1. The van der Waals surface area contributed by atoms with E-state index in [-0.39, 0.29) is 11.9 Å². The fraction of sp³-hybridized carbons (Fsp3) is 0.542. The summed E-state index contributed by atoms with van der Waals surface area (Å²) >= 11 is 6.20. The lowest BCUT2D eigenvalue weighted by Crippen LogP contribution is -3.15. The first-order valence-electron chi connectivity index (χ1n) is 11.1. The van der Waals surface area contributed by atoms with Gasteiger partial charge in [0.25, 0.3) is 0 Å². The number of aromatic nitrogens is 1. The third-order valence-electron chi connectivity index (χ3n) is 6.68. The average molecular weight is 431 g/mol. The molecule has 0 amide bonds. The number of carbonyl (C=O) groups excluding carboxylic acids is 1. The van der Waals surface area contributed by atoms with Gasteiger partial charge in [-0.25, -0.2) is 0 Å². The maximum absolute atomic E-state index is 13.1. The van der Waals surface area contributed by atoms with E-state index in [0.29, 0.717) is 6.54 Å². The molecule has 2 saturated heterocycles. The Morgan fingerprint density at radius 1 is 1.20 bits per heavy atom. The predicted octanol–water partition coefficient (Wildman–Crippen LogP) is 2.83. The van der Waals surface area contributed by atoms with Gasteiger partial charge in [-0.2, -0.15) is 0 Å². The summed E-state index contributed by atoms with van der Waals surface area (Å²) in [5.41, 5.74) is 5.58. The third kappa shape index (κ3) is 4.58. The van der Waals surface area contributed by atoms with Crippen molar-refractivity contribution in [3.8, 4) is 0 Å². The zero-order valence-electron chi connectivity index (χ0n) is 18.3. The number of quaternary nitrogens is 1. The molecule has 2 aliphatic rings. The minimum absolute atomic E-state index is 0.254. The molecule has 2 aliphatic heterocycles. The number of ketones is 1. The van der Waals surface area contributed by atoms with Crippen LogP contribution in [0.1, 0.15) is 40.2 Å².